The van der Waals surface area contributed by atoms with E-state index < -0.39 is 15.7 Å². The van der Waals surface area contributed by atoms with E-state index in [4.69, 9.17) is 19.6 Å². The molecule has 0 bridgehead atoms. The van der Waals surface area contributed by atoms with Crippen LogP contribution in [-0.4, -0.2) is 65.6 Å². The van der Waals surface area contributed by atoms with Gasteiger partial charge in [0.2, 0.25) is 0 Å². The van der Waals surface area contributed by atoms with Gasteiger partial charge in [0.1, 0.15) is 16.4 Å². The molecule has 0 amide bonds. The van der Waals surface area contributed by atoms with Crippen molar-refractivity contribution in [3.8, 4) is 28.5 Å². The summed E-state index contributed by atoms with van der Waals surface area (Å²) in [5.74, 6) is -0.00549. The number of imidazole rings is 1. The van der Waals surface area contributed by atoms with Crippen LogP contribution in [-0.2, 0) is 44.8 Å². The summed E-state index contributed by atoms with van der Waals surface area (Å²) >= 11 is 0. The third kappa shape index (κ3) is 4.25. The smallest absolute Gasteiger partial charge is 0.186 e. The minimum atomic E-state index is -3.93. The highest BCUT2D eigenvalue weighted by Gasteiger charge is 2.39. The van der Waals surface area contributed by atoms with Gasteiger partial charge in [0, 0.05) is 43.2 Å². The number of benzene rings is 2. The second-order valence-corrected chi connectivity index (χ2v) is 13.2. The SMILES string of the molecule is O=S1(=O)Cc2c(-c3nc(C4CC4)c4n3CCOC4)nn(-c3ccc(CN4CCOCC4)cc3)c2-c2cccc(F)c21. The lowest BCUT2D eigenvalue weighted by Crippen LogP contribution is -2.35. The summed E-state index contributed by atoms with van der Waals surface area (Å²) in [7, 11) is -3.93. The molecular formula is C30H30FN5O4S. The highest BCUT2D eigenvalue weighted by atomic mass is 32.2. The quantitative estimate of drug-likeness (QED) is 0.354. The predicted molar refractivity (Wildman–Crippen MR) is 149 cm³/mol. The molecular weight excluding hydrogens is 545 g/mol. The monoisotopic (exact) mass is 575 g/mol. The summed E-state index contributed by atoms with van der Waals surface area (Å²) in [6.07, 6.45) is 2.18. The molecule has 4 aliphatic rings. The molecule has 1 aliphatic carbocycles. The lowest BCUT2D eigenvalue weighted by molar-refractivity contribution is 0.0342. The maximum atomic E-state index is 15.1. The van der Waals surface area contributed by atoms with E-state index >= 15 is 4.39 Å². The van der Waals surface area contributed by atoms with Gasteiger partial charge in [-0.05, 0) is 36.6 Å². The van der Waals surface area contributed by atoms with Gasteiger partial charge >= 0.3 is 0 Å². The van der Waals surface area contributed by atoms with Crippen molar-refractivity contribution in [1.29, 1.82) is 0 Å². The fourth-order valence-corrected chi connectivity index (χ4v) is 8.01. The van der Waals surface area contributed by atoms with Crippen LogP contribution in [0.15, 0.2) is 47.4 Å². The number of halogens is 1. The summed E-state index contributed by atoms with van der Waals surface area (Å²) in [6.45, 7) is 5.77. The number of sulfone groups is 1. The van der Waals surface area contributed by atoms with Crippen LogP contribution in [0.4, 0.5) is 4.39 Å². The van der Waals surface area contributed by atoms with Gasteiger partial charge in [0.15, 0.2) is 15.7 Å². The van der Waals surface area contributed by atoms with E-state index in [1.165, 1.54) is 11.6 Å². The molecule has 1 saturated heterocycles. The number of nitrogens with zero attached hydrogens (tertiary/aromatic N) is 5. The molecule has 212 valence electrons. The molecule has 9 nitrogen and oxygen atoms in total. The number of morpholine rings is 1. The third-order valence-electron chi connectivity index (χ3n) is 8.52. The minimum absolute atomic E-state index is 0.263. The molecule has 5 heterocycles. The zero-order valence-corrected chi connectivity index (χ0v) is 23.4. The predicted octanol–water partition coefficient (Wildman–Crippen LogP) is 4.07. The van der Waals surface area contributed by atoms with E-state index in [2.05, 4.69) is 21.6 Å². The molecule has 0 radical (unpaired) electrons. The largest absolute Gasteiger partial charge is 0.379 e. The van der Waals surface area contributed by atoms with Gasteiger partial charge in [-0.25, -0.2) is 22.5 Å². The number of hydrogen-bond donors (Lipinski definition) is 0. The van der Waals surface area contributed by atoms with Crippen LogP contribution in [0, 0.1) is 5.82 Å². The van der Waals surface area contributed by atoms with Gasteiger partial charge < -0.3 is 14.0 Å². The Morgan fingerprint density at radius 3 is 2.54 bits per heavy atom. The average molecular weight is 576 g/mol. The fourth-order valence-electron chi connectivity index (χ4n) is 6.35. The van der Waals surface area contributed by atoms with Gasteiger partial charge in [-0.15, -0.1) is 0 Å². The number of rotatable bonds is 5. The van der Waals surface area contributed by atoms with E-state index in [0.717, 1.165) is 62.8 Å². The number of hydrogen-bond acceptors (Lipinski definition) is 7. The van der Waals surface area contributed by atoms with Gasteiger partial charge in [0.05, 0.1) is 54.9 Å². The van der Waals surface area contributed by atoms with Crippen LogP contribution >= 0.6 is 0 Å². The summed E-state index contributed by atoms with van der Waals surface area (Å²) in [5, 5.41) is 5.05. The van der Waals surface area contributed by atoms with Crippen molar-refractivity contribution >= 4 is 9.84 Å². The summed E-state index contributed by atoms with van der Waals surface area (Å²) in [5.41, 5.74) is 6.05. The summed E-state index contributed by atoms with van der Waals surface area (Å²) < 4.78 is 57.2. The highest BCUT2D eigenvalue weighted by Crippen LogP contribution is 2.47. The van der Waals surface area contributed by atoms with Crippen molar-refractivity contribution in [3.05, 3.63) is 70.8 Å². The number of fused-ring (bicyclic) bond motifs is 4. The topological polar surface area (TPSA) is 91.5 Å². The Labute approximate surface area is 237 Å². The van der Waals surface area contributed by atoms with Crippen molar-refractivity contribution in [3.63, 3.8) is 0 Å². The summed E-state index contributed by atoms with van der Waals surface area (Å²) in [6, 6.07) is 12.6. The van der Waals surface area contributed by atoms with Crippen molar-refractivity contribution < 1.29 is 22.3 Å². The van der Waals surface area contributed by atoms with Crippen molar-refractivity contribution in [2.24, 2.45) is 0 Å². The van der Waals surface area contributed by atoms with E-state index in [-0.39, 0.29) is 10.6 Å². The standard InChI is InChI=1S/C30H30FN5O4S/c31-24-3-1-2-22-28-23(18-41(37,38)29(22)24)27(30-32-26(20-6-7-20)25-17-40-15-12-35(25)30)33-36(28)21-8-4-19(5-9-21)16-34-10-13-39-14-11-34/h1-5,8-9,20H,6-7,10-18H2. The van der Waals surface area contributed by atoms with E-state index in [1.54, 1.807) is 16.8 Å². The van der Waals surface area contributed by atoms with Crippen molar-refractivity contribution in [1.82, 2.24) is 24.2 Å². The van der Waals surface area contributed by atoms with Crippen LogP contribution in [0.2, 0.25) is 0 Å². The van der Waals surface area contributed by atoms with Crippen molar-refractivity contribution in [2.75, 3.05) is 32.9 Å². The number of aromatic nitrogens is 4. The molecule has 0 atom stereocenters. The molecule has 2 aromatic carbocycles. The first-order valence-corrected chi connectivity index (χ1v) is 15.8. The van der Waals surface area contributed by atoms with Crippen LogP contribution in [0.1, 0.15) is 41.3 Å². The van der Waals surface area contributed by atoms with Gasteiger partial charge in [0.25, 0.3) is 0 Å². The lowest BCUT2D eigenvalue weighted by atomic mass is 10.0. The molecule has 2 aromatic heterocycles. The van der Waals surface area contributed by atoms with Crippen LogP contribution < -0.4 is 0 Å². The summed E-state index contributed by atoms with van der Waals surface area (Å²) in [4.78, 5) is 7.16. The lowest BCUT2D eigenvalue weighted by Gasteiger charge is -2.26. The first kappa shape index (κ1) is 25.3. The molecule has 0 unspecified atom stereocenters. The minimum Gasteiger partial charge on any atom is -0.379 e. The molecule has 1 saturated carbocycles. The second-order valence-electron chi connectivity index (χ2n) is 11.3. The Hall–Kier alpha value is -3.38. The third-order valence-corrected chi connectivity index (χ3v) is 10.2. The molecule has 3 aliphatic heterocycles. The maximum Gasteiger partial charge on any atom is 0.186 e. The molecule has 41 heavy (non-hydrogen) atoms. The van der Waals surface area contributed by atoms with Crippen LogP contribution in [0.25, 0.3) is 28.5 Å². The van der Waals surface area contributed by atoms with E-state index in [1.807, 2.05) is 12.1 Å². The molecule has 0 N–H and O–H groups in total. The highest BCUT2D eigenvalue weighted by molar-refractivity contribution is 7.91. The molecule has 8 rings (SSSR count). The zero-order chi connectivity index (χ0) is 27.7. The zero-order valence-electron chi connectivity index (χ0n) is 22.6. The van der Waals surface area contributed by atoms with Crippen LogP contribution in [0.3, 0.4) is 0 Å². The van der Waals surface area contributed by atoms with Gasteiger partial charge in [-0.2, -0.15) is 5.10 Å². The molecule has 4 aromatic rings. The molecule has 11 heteroatoms. The Morgan fingerprint density at radius 1 is 0.976 bits per heavy atom. The Morgan fingerprint density at radius 2 is 1.76 bits per heavy atom. The van der Waals surface area contributed by atoms with Gasteiger partial charge in [-0.3, -0.25) is 4.90 Å². The average Bonchev–Trinajstić information content (AvgIpc) is 3.65. The Balaban J connectivity index is 1.30. The number of ether oxygens (including phenoxy) is 2. The first-order valence-electron chi connectivity index (χ1n) is 14.2. The van der Waals surface area contributed by atoms with Crippen molar-refractivity contribution in [2.45, 2.75) is 49.1 Å². The van der Waals surface area contributed by atoms with E-state index in [9.17, 15) is 8.42 Å². The fraction of sp³-hybridized carbons (Fsp3) is 0.400. The normalized spacial score (nSPS) is 19.9. The second kappa shape index (κ2) is 9.59. The molecule has 2 fully saturated rings. The Bertz CT molecular complexity index is 1770. The maximum absolute atomic E-state index is 15.1. The van der Waals surface area contributed by atoms with Gasteiger partial charge in [-0.1, -0.05) is 24.3 Å². The Kier molecular flexibility index (Phi) is 5.92. The first-order chi connectivity index (χ1) is 20.0. The van der Waals surface area contributed by atoms with Crippen LogP contribution in [0.5, 0.6) is 0 Å². The molecule has 0 spiro atoms. The van der Waals surface area contributed by atoms with E-state index in [0.29, 0.717) is 54.0 Å².